The van der Waals surface area contributed by atoms with Crippen LogP contribution in [0.4, 0.5) is 11.4 Å². The normalized spacial score (nSPS) is 17.4. The summed E-state index contributed by atoms with van der Waals surface area (Å²) in [6.07, 6.45) is 0. The van der Waals surface area contributed by atoms with Crippen LogP contribution in [0.15, 0.2) is 12.1 Å². The molecule has 0 fully saturated rings. The van der Waals surface area contributed by atoms with Crippen molar-refractivity contribution in [1.82, 2.24) is 0 Å². The number of nitrogens with zero attached hydrogens (tertiary/aromatic N) is 1. The Kier molecular flexibility index (Phi) is 2.82. The predicted octanol–water partition coefficient (Wildman–Crippen LogP) is 3.21. The number of carbonyl (C=O) groups excluding carboxylic acids is 1. The molecule has 0 radical (unpaired) electrons. The number of rotatable bonds is 0. The van der Waals surface area contributed by atoms with Crippen LogP contribution < -0.4 is 10.2 Å². The summed E-state index contributed by atoms with van der Waals surface area (Å²) in [7, 11) is 0. The van der Waals surface area contributed by atoms with E-state index < -0.39 is 0 Å². The first-order valence-electron chi connectivity index (χ1n) is 5.66. The van der Waals surface area contributed by atoms with Crippen LogP contribution in [0, 0.1) is 6.92 Å². The number of amides is 1. The molecule has 3 nitrogen and oxygen atoms in total. The summed E-state index contributed by atoms with van der Waals surface area (Å²) in [4.78, 5) is 13.6. The second kappa shape index (κ2) is 3.91. The van der Waals surface area contributed by atoms with Crippen LogP contribution in [0.3, 0.4) is 0 Å². The summed E-state index contributed by atoms with van der Waals surface area (Å²) in [6, 6.07) is 3.76. The lowest BCUT2D eigenvalue weighted by Gasteiger charge is -2.41. The molecule has 17 heavy (non-hydrogen) atoms. The van der Waals surface area contributed by atoms with Gasteiger partial charge in [0.25, 0.3) is 0 Å². The summed E-state index contributed by atoms with van der Waals surface area (Å²) in [5.74, 6) is 0.0613. The van der Waals surface area contributed by atoms with Crippen molar-refractivity contribution in [2.75, 3.05) is 16.8 Å². The monoisotopic (exact) mass is 252 g/mol. The average molecular weight is 253 g/mol. The van der Waals surface area contributed by atoms with Gasteiger partial charge in [-0.3, -0.25) is 4.79 Å². The summed E-state index contributed by atoms with van der Waals surface area (Å²) < 4.78 is 0. The van der Waals surface area contributed by atoms with Crippen molar-refractivity contribution in [3.8, 4) is 0 Å². The molecule has 0 spiro atoms. The van der Waals surface area contributed by atoms with E-state index in [-0.39, 0.29) is 11.4 Å². The summed E-state index contributed by atoms with van der Waals surface area (Å²) in [5, 5.41) is 4.11. The highest BCUT2D eigenvalue weighted by molar-refractivity contribution is 6.31. The molecule has 1 N–H and O–H groups in total. The molecule has 1 aromatic carbocycles. The van der Waals surface area contributed by atoms with Gasteiger partial charge in [-0.1, -0.05) is 11.6 Å². The van der Waals surface area contributed by atoms with Crippen LogP contribution >= 0.6 is 11.6 Å². The maximum absolute atomic E-state index is 11.8. The SMILES string of the molecule is CC(=O)N1CC(C)(C)Nc2cc(Cl)cc(C)c21. The van der Waals surface area contributed by atoms with Crippen molar-refractivity contribution in [2.45, 2.75) is 33.2 Å². The third kappa shape index (κ3) is 2.25. The van der Waals surface area contributed by atoms with Crippen LogP contribution in [-0.4, -0.2) is 18.0 Å². The molecule has 2 rings (SSSR count). The van der Waals surface area contributed by atoms with E-state index in [1.54, 1.807) is 6.92 Å². The molecular formula is C13H17ClN2O. The van der Waals surface area contributed by atoms with Crippen LogP contribution in [0.1, 0.15) is 26.3 Å². The van der Waals surface area contributed by atoms with Gasteiger partial charge in [-0.05, 0) is 38.5 Å². The van der Waals surface area contributed by atoms with Gasteiger partial charge >= 0.3 is 0 Å². The smallest absolute Gasteiger partial charge is 0.224 e. The Balaban J connectivity index is 2.60. The molecule has 1 aliphatic rings. The average Bonchev–Trinajstić information content (AvgIpc) is 2.12. The number of carbonyl (C=O) groups is 1. The molecule has 0 saturated carbocycles. The van der Waals surface area contributed by atoms with Crippen LogP contribution in [0.5, 0.6) is 0 Å². The molecule has 4 heteroatoms. The van der Waals surface area contributed by atoms with Gasteiger partial charge in [-0.15, -0.1) is 0 Å². The first-order valence-corrected chi connectivity index (χ1v) is 6.04. The minimum atomic E-state index is -0.143. The standard InChI is InChI=1S/C13H17ClN2O/c1-8-5-10(14)6-11-12(8)16(9(2)17)7-13(3,4)15-11/h5-6,15H,7H2,1-4H3. The predicted molar refractivity (Wildman–Crippen MR) is 71.9 cm³/mol. The van der Waals surface area contributed by atoms with E-state index in [2.05, 4.69) is 19.2 Å². The number of nitrogens with one attached hydrogen (secondary N) is 1. The van der Waals surface area contributed by atoms with Gasteiger partial charge in [-0.2, -0.15) is 0 Å². The Morgan fingerprint density at radius 1 is 1.47 bits per heavy atom. The molecule has 1 amide bonds. The number of fused-ring (bicyclic) bond motifs is 1. The molecule has 0 aromatic heterocycles. The van der Waals surface area contributed by atoms with E-state index in [4.69, 9.17) is 11.6 Å². The number of hydrogen-bond acceptors (Lipinski definition) is 2. The fourth-order valence-corrected chi connectivity index (χ4v) is 2.61. The second-order valence-corrected chi connectivity index (χ2v) is 5.67. The van der Waals surface area contributed by atoms with Gasteiger partial charge in [0.15, 0.2) is 0 Å². The van der Waals surface area contributed by atoms with Gasteiger partial charge < -0.3 is 10.2 Å². The van der Waals surface area contributed by atoms with Gasteiger partial charge in [0.05, 0.1) is 11.4 Å². The minimum absolute atomic E-state index is 0.0613. The third-order valence-corrected chi connectivity index (χ3v) is 3.16. The zero-order valence-corrected chi connectivity index (χ0v) is 11.4. The van der Waals surface area contributed by atoms with E-state index >= 15 is 0 Å². The molecule has 0 aliphatic carbocycles. The quantitative estimate of drug-likeness (QED) is 0.769. The lowest BCUT2D eigenvalue weighted by Crippen LogP contribution is -2.50. The fourth-order valence-electron chi connectivity index (χ4n) is 2.34. The van der Waals surface area contributed by atoms with Crippen LogP contribution in [-0.2, 0) is 4.79 Å². The largest absolute Gasteiger partial charge is 0.377 e. The Hall–Kier alpha value is -1.22. The van der Waals surface area contributed by atoms with E-state index in [1.807, 2.05) is 24.0 Å². The molecule has 92 valence electrons. The Bertz CT molecular complexity index is 483. The number of anilines is 2. The fraction of sp³-hybridized carbons (Fsp3) is 0.462. The third-order valence-electron chi connectivity index (χ3n) is 2.94. The zero-order chi connectivity index (χ0) is 12.8. The molecule has 0 bridgehead atoms. The Morgan fingerprint density at radius 2 is 2.12 bits per heavy atom. The van der Waals surface area contributed by atoms with Crippen molar-refractivity contribution in [3.05, 3.63) is 22.7 Å². The first kappa shape index (κ1) is 12.2. The lowest BCUT2D eigenvalue weighted by molar-refractivity contribution is -0.116. The van der Waals surface area contributed by atoms with Crippen LogP contribution in [0.2, 0.25) is 5.02 Å². The molecular weight excluding hydrogens is 236 g/mol. The highest BCUT2D eigenvalue weighted by Crippen LogP contribution is 2.39. The maximum atomic E-state index is 11.8. The Morgan fingerprint density at radius 3 is 2.71 bits per heavy atom. The Labute approximate surface area is 107 Å². The molecule has 1 aromatic rings. The number of benzene rings is 1. The lowest BCUT2D eigenvalue weighted by atomic mass is 9.97. The number of hydrogen-bond donors (Lipinski definition) is 1. The number of aryl methyl sites for hydroxylation is 1. The molecule has 0 saturated heterocycles. The highest BCUT2D eigenvalue weighted by Gasteiger charge is 2.32. The topological polar surface area (TPSA) is 32.3 Å². The molecule has 0 unspecified atom stereocenters. The van der Waals surface area contributed by atoms with Crippen molar-refractivity contribution in [2.24, 2.45) is 0 Å². The van der Waals surface area contributed by atoms with Crippen molar-refractivity contribution >= 4 is 28.9 Å². The van der Waals surface area contributed by atoms with Gasteiger partial charge in [0.2, 0.25) is 5.91 Å². The summed E-state index contributed by atoms with van der Waals surface area (Å²) in [5.41, 5.74) is 2.75. The van der Waals surface area contributed by atoms with Gasteiger partial charge in [-0.25, -0.2) is 0 Å². The second-order valence-electron chi connectivity index (χ2n) is 5.23. The highest BCUT2D eigenvalue weighted by atomic mass is 35.5. The molecule has 1 aliphatic heterocycles. The van der Waals surface area contributed by atoms with E-state index in [1.165, 1.54) is 0 Å². The van der Waals surface area contributed by atoms with Gasteiger partial charge in [0.1, 0.15) is 0 Å². The van der Waals surface area contributed by atoms with Crippen LogP contribution in [0.25, 0.3) is 0 Å². The van der Waals surface area contributed by atoms with E-state index in [0.717, 1.165) is 16.9 Å². The van der Waals surface area contributed by atoms with Crippen molar-refractivity contribution in [1.29, 1.82) is 0 Å². The minimum Gasteiger partial charge on any atom is -0.377 e. The summed E-state index contributed by atoms with van der Waals surface area (Å²) in [6.45, 7) is 8.38. The maximum Gasteiger partial charge on any atom is 0.224 e. The van der Waals surface area contributed by atoms with E-state index in [9.17, 15) is 4.79 Å². The first-order chi connectivity index (χ1) is 7.80. The van der Waals surface area contributed by atoms with Crippen molar-refractivity contribution in [3.63, 3.8) is 0 Å². The zero-order valence-electron chi connectivity index (χ0n) is 10.6. The molecule has 0 atom stereocenters. The van der Waals surface area contributed by atoms with Crippen molar-refractivity contribution < 1.29 is 4.79 Å². The summed E-state index contributed by atoms with van der Waals surface area (Å²) >= 11 is 6.06. The van der Waals surface area contributed by atoms with Gasteiger partial charge in [0, 0.05) is 24.0 Å². The molecule has 1 heterocycles. The number of halogens is 1. The van der Waals surface area contributed by atoms with E-state index in [0.29, 0.717) is 11.6 Å².